The Morgan fingerprint density at radius 2 is 1.79 bits per heavy atom. The summed E-state index contributed by atoms with van der Waals surface area (Å²) in [7, 11) is 0. The SMILES string of the molecule is CCC(=NN=C(N)N)c1ccccc1. The van der Waals surface area contributed by atoms with E-state index in [1.54, 1.807) is 0 Å². The van der Waals surface area contributed by atoms with E-state index in [9.17, 15) is 0 Å². The van der Waals surface area contributed by atoms with Crippen LogP contribution in [0.1, 0.15) is 18.9 Å². The van der Waals surface area contributed by atoms with Crippen LogP contribution in [0.3, 0.4) is 0 Å². The Morgan fingerprint density at radius 1 is 1.14 bits per heavy atom. The average molecular weight is 190 g/mol. The Bertz CT molecular complexity index is 336. The molecule has 14 heavy (non-hydrogen) atoms. The van der Waals surface area contributed by atoms with Crippen LogP contribution in [-0.2, 0) is 0 Å². The van der Waals surface area contributed by atoms with E-state index in [4.69, 9.17) is 11.5 Å². The highest BCUT2D eigenvalue weighted by molar-refractivity contribution is 6.00. The van der Waals surface area contributed by atoms with Crippen LogP contribution in [0.4, 0.5) is 0 Å². The van der Waals surface area contributed by atoms with Crippen LogP contribution in [0, 0.1) is 0 Å². The molecule has 1 rings (SSSR count). The summed E-state index contributed by atoms with van der Waals surface area (Å²) in [4.78, 5) is 0. The van der Waals surface area contributed by atoms with Crippen molar-refractivity contribution >= 4 is 11.7 Å². The summed E-state index contributed by atoms with van der Waals surface area (Å²) >= 11 is 0. The number of nitrogens with two attached hydrogens (primary N) is 2. The van der Waals surface area contributed by atoms with E-state index in [0.29, 0.717) is 0 Å². The Hall–Kier alpha value is -1.84. The van der Waals surface area contributed by atoms with Gasteiger partial charge in [0.25, 0.3) is 0 Å². The largest absolute Gasteiger partial charge is 0.369 e. The van der Waals surface area contributed by atoms with Crippen molar-refractivity contribution in [1.29, 1.82) is 0 Å². The number of rotatable bonds is 3. The molecule has 0 aliphatic carbocycles. The number of benzene rings is 1. The predicted molar refractivity (Wildman–Crippen MR) is 59.1 cm³/mol. The van der Waals surface area contributed by atoms with Crippen LogP contribution in [0.15, 0.2) is 40.5 Å². The van der Waals surface area contributed by atoms with Gasteiger partial charge in [-0.1, -0.05) is 37.3 Å². The van der Waals surface area contributed by atoms with Crippen molar-refractivity contribution in [2.24, 2.45) is 21.7 Å². The third-order valence-electron chi connectivity index (χ3n) is 1.73. The van der Waals surface area contributed by atoms with E-state index in [1.165, 1.54) is 0 Å². The molecule has 0 radical (unpaired) electrons. The molecule has 0 bridgehead atoms. The van der Waals surface area contributed by atoms with E-state index in [1.807, 2.05) is 37.3 Å². The van der Waals surface area contributed by atoms with Gasteiger partial charge < -0.3 is 11.5 Å². The highest BCUT2D eigenvalue weighted by atomic mass is 15.3. The van der Waals surface area contributed by atoms with Gasteiger partial charge in [-0.25, -0.2) is 0 Å². The first-order valence-corrected chi connectivity index (χ1v) is 4.45. The van der Waals surface area contributed by atoms with Gasteiger partial charge in [-0.05, 0) is 12.0 Å². The third kappa shape index (κ3) is 2.90. The molecule has 4 heteroatoms. The van der Waals surface area contributed by atoms with Gasteiger partial charge in [0.05, 0.1) is 5.71 Å². The second-order valence-electron chi connectivity index (χ2n) is 2.79. The smallest absolute Gasteiger partial charge is 0.211 e. The van der Waals surface area contributed by atoms with Crippen molar-refractivity contribution < 1.29 is 0 Å². The molecule has 0 saturated carbocycles. The molecule has 0 atom stereocenters. The van der Waals surface area contributed by atoms with Crippen LogP contribution in [0.2, 0.25) is 0 Å². The molecule has 0 saturated heterocycles. The zero-order valence-electron chi connectivity index (χ0n) is 8.14. The number of hydrogen-bond acceptors (Lipinski definition) is 2. The van der Waals surface area contributed by atoms with Crippen LogP contribution >= 0.6 is 0 Å². The minimum absolute atomic E-state index is 0.0214. The van der Waals surface area contributed by atoms with Gasteiger partial charge in [0, 0.05) is 0 Å². The molecule has 0 heterocycles. The number of hydrogen-bond donors (Lipinski definition) is 2. The lowest BCUT2D eigenvalue weighted by molar-refractivity contribution is 1.15. The summed E-state index contributed by atoms with van der Waals surface area (Å²) in [5.74, 6) is -0.0214. The molecule has 4 N–H and O–H groups in total. The van der Waals surface area contributed by atoms with Gasteiger partial charge in [-0.15, -0.1) is 5.10 Å². The van der Waals surface area contributed by atoms with E-state index < -0.39 is 0 Å². The fourth-order valence-corrected chi connectivity index (χ4v) is 1.08. The Morgan fingerprint density at radius 3 is 2.29 bits per heavy atom. The monoisotopic (exact) mass is 190 g/mol. The maximum atomic E-state index is 5.19. The van der Waals surface area contributed by atoms with E-state index in [0.717, 1.165) is 17.7 Å². The quantitative estimate of drug-likeness (QED) is 0.425. The van der Waals surface area contributed by atoms with Crippen LogP contribution in [-0.4, -0.2) is 11.7 Å². The summed E-state index contributed by atoms with van der Waals surface area (Å²) < 4.78 is 0. The normalized spacial score (nSPS) is 11.1. The Kier molecular flexibility index (Phi) is 3.67. The van der Waals surface area contributed by atoms with Crippen molar-refractivity contribution in [2.45, 2.75) is 13.3 Å². The number of nitrogens with zero attached hydrogens (tertiary/aromatic N) is 2. The van der Waals surface area contributed by atoms with Gasteiger partial charge in [0.15, 0.2) is 0 Å². The maximum absolute atomic E-state index is 5.19. The lowest BCUT2D eigenvalue weighted by Gasteiger charge is -2.00. The first kappa shape index (κ1) is 10.2. The lowest BCUT2D eigenvalue weighted by Crippen LogP contribution is -2.22. The lowest BCUT2D eigenvalue weighted by atomic mass is 10.1. The maximum Gasteiger partial charge on any atom is 0.211 e. The molecule has 0 aliphatic rings. The number of guanidine groups is 1. The zero-order chi connectivity index (χ0) is 10.4. The van der Waals surface area contributed by atoms with E-state index in [-0.39, 0.29) is 5.96 Å². The van der Waals surface area contributed by atoms with Crippen molar-refractivity contribution in [3.05, 3.63) is 35.9 Å². The standard InChI is InChI=1S/C10H14N4/c1-2-9(13-14-10(11)12)8-6-4-3-5-7-8/h3-7H,2H2,1H3,(H4,11,12,14). The molecule has 74 valence electrons. The molecule has 0 aromatic heterocycles. The molecule has 1 aromatic rings. The van der Waals surface area contributed by atoms with Crippen molar-refractivity contribution in [1.82, 2.24) is 0 Å². The first-order valence-electron chi connectivity index (χ1n) is 4.45. The Balaban J connectivity index is 2.93. The second-order valence-corrected chi connectivity index (χ2v) is 2.79. The van der Waals surface area contributed by atoms with Gasteiger partial charge >= 0.3 is 0 Å². The molecule has 0 amide bonds. The fourth-order valence-electron chi connectivity index (χ4n) is 1.08. The van der Waals surface area contributed by atoms with Crippen LogP contribution in [0.5, 0.6) is 0 Å². The Labute approximate surface area is 83.3 Å². The van der Waals surface area contributed by atoms with Crippen LogP contribution < -0.4 is 11.5 Å². The average Bonchev–Trinajstić information content (AvgIpc) is 2.20. The molecule has 0 spiro atoms. The molecule has 1 aromatic carbocycles. The van der Waals surface area contributed by atoms with Crippen LogP contribution in [0.25, 0.3) is 0 Å². The summed E-state index contributed by atoms with van der Waals surface area (Å²) in [6.07, 6.45) is 0.792. The minimum atomic E-state index is -0.0214. The van der Waals surface area contributed by atoms with Crippen molar-refractivity contribution in [3.8, 4) is 0 Å². The summed E-state index contributed by atoms with van der Waals surface area (Å²) in [6.45, 7) is 2.01. The van der Waals surface area contributed by atoms with Gasteiger partial charge in [-0.3, -0.25) is 0 Å². The molecular weight excluding hydrogens is 176 g/mol. The fraction of sp³-hybridized carbons (Fsp3) is 0.200. The molecule has 0 fully saturated rings. The molecular formula is C10H14N4. The topological polar surface area (TPSA) is 76.8 Å². The molecule has 4 nitrogen and oxygen atoms in total. The minimum Gasteiger partial charge on any atom is -0.369 e. The highest BCUT2D eigenvalue weighted by Gasteiger charge is 1.98. The van der Waals surface area contributed by atoms with Crippen molar-refractivity contribution in [2.75, 3.05) is 0 Å². The predicted octanol–water partition coefficient (Wildman–Crippen LogP) is 1.07. The van der Waals surface area contributed by atoms with Gasteiger partial charge in [0.1, 0.15) is 0 Å². The van der Waals surface area contributed by atoms with Gasteiger partial charge in [-0.2, -0.15) is 5.10 Å². The molecule has 0 unspecified atom stereocenters. The highest BCUT2D eigenvalue weighted by Crippen LogP contribution is 2.04. The summed E-state index contributed by atoms with van der Waals surface area (Å²) in [5, 5.41) is 7.60. The zero-order valence-corrected chi connectivity index (χ0v) is 8.14. The van der Waals surface area contributed by atoms with Crippen molar-refractivity contribution in [3.63, 3.8) is 0 Å². The van der Waals surface area contributed by atoms with E-state index in [2.05, 4.69) is 10.2 Å². The van der Waals surface area contributed by atoms with E-state index >= 15 is 0 Å². The summed E-state index contributed by atoms with van der Waals surface area (Å²) in [5.41, 5.74) is 12.3. The van der Waals surface area contributed by atoms with Gasteiger partial charge in [0.2, 0.25) is 5.96 Å². The molecule has 0 aliphatic heterocycles. The second kappa shape index (κ2) is 5.01. The summed E-state index contributed by atoms with van der Waals surface area (Å²) in [6, 6.07) is 9.82. The third-order valence-corrected chi connectivity index (χ3v) is 1.73. The first-order chi connectivity index (χ1) is 6.74.